The van der Waals surface area contributed by atoms with Crippen molar-refractivity contribution in [1.82, 2.24) is 19.5 Å². The van der Waals surface area contributed by atoms with Gasteiger partial charge in [0.25, 0.3) is 0 Å². The fourth-order valence-corrected chi connectivity index (χ4v) is 4.08. The van der Waals surface area contributed by atoms with Gasteiger partial charge in [0.15, 0.2) is 5.65 Å². The Kier molecular flexibility index (Phi) is 5.09. The number of fused-ring (bicyclic) bond motifs is 1. The third-order valence-electron chi connectivity index (χ3n) is 5.19. The van der Waals surface area contributed by atoms with E-state index < -0.39 is 0 Å². The number of benzene rings is 1. The van der Waals surface area contributed by atoms with Crippen molar-refractivity contribution >= 4 is 17.2 Å². The molecule has 26 heavy (non-hydrogen) atoms. The van der Waals surface area contributed by atoms with Gasteiger partial charge in [-0.2, -0.15) is 5.10 Å². The molecule has 0 bridgehead atoms. The molecular formula is C20H23ClN4O. The normalized spacial score (nSPS) is 18.0. The molecule has 6 heteroatoms. The second-order valence-electron chi connectivity index (χ2n) is 6.86. The highest BCUT2D eigenvalue weighted by molar-refractivity contribution is 6.18. The van der Waals surface area contributed by atoms with Crippen LogP contribution in [-0.2, 0) is 6.42 Å². The Bertz CT molecular complexity index is 894. The fraction of sp³-hybridized carbons (Fsp3) is 0.400. The number of phenolic OH excluding ortho intramolecular Hbond substituents is 1. The quantitative estimate of drug-likeness (QED) is 0.671. The lowest BCUT2D eigenvalue weighted by atomic mass is 10.1. The summed E-state index contributed by atoms with van der Waals surface area (Å²) in [6.45, 7) is 2.14. The molecule has 0 amide bonds. The SMILES string of the molecule is Oc1cccc(-c2cnn3ccc(CCC4CCCN4CCCl)nc23)c1. The second-order valence-corrected chi connectivity index (χ2v) is 7.23. The lowest BCUT2D eigenvalue weighted by Crippen LogP contribution is -2.31. The maximum Gasteiger partial charge on any atom is 0.163 e. The van der Waals surface area contributed by atoms with E-state index in [1.807, 2.05) is 24.4 Å². The van der Waals surface area contributed by atoms with Crippen LogP contribution in [0, 0.1) is 0 Å². The summed E-state index contributed by atoms with van der Waals surface area (Å²) >= 11 is 5.92. The van der Waals surface area contributed by atoms with Crippen molar-refractivity contribution < 1.29 is 5.11 Å². The first-order valence-electron chi connectivity index (χ1n) is 9.17. The highest BCUT2D eigenvalue weighted by atomic mass is 35.5. The van der Waals surface area contributed by atoms with Crippen molar-refractivity contribution in [3.63, 3.8) is 0 Å². The molecule has 1 aliphatic heterocycles. The van der Waals surface area contributed by atoms with Gasteiger partial charge in [0, 0.05) is 35.9 Å². The fourth-order valence-electron chi connectivity index (χ4n) is 3.86. The van der Waals surface area contributed by atoms with E-state index in [9.17, 15) is 5.11 Å². The number of hydrogen-bond donors (Lipinski definition) is 1. The molecule has 3 aromatic rings. The van der Waals surface area contributed by atoms with Crippen LogP contribution < -0.4 is 0 Å². The molecule has 1 saturated heterocycles. The minimum atomic E-state index is 0.249. The van der Waals surface area contributed by atoms with Gasteiger partial charge >= 0.3 is 0 Å². The predicted octanol–water partition coefficient (Wildman–Crippen LogP) is 3.74. The lowest BCUT2D eigenvalue weighted by molar-refractivity contribution is 0.257. The minimum absolute atomic E-state index is 0.249. The van der Waals surface area contributed by atoms with Gasteiger partial charge in [-0.15, -0.1) is 11.6 Å². The number of rotatable bonds is 6. The molecule has 5 nitrogen and oxygen atoms in total. The molecule has 0 spiro atoms. The average Bonchev–Trinajstić information content (AvgIpc) is 3.26. The van der Waals surface area contributed by atoms with E-state index in [1.54, 1.807) is 22.8 Å². The van der Waals surface area contributed by atoms with Crippen LogP contribution in [0.3, 0.4) is 0 Å². The Morgan fingerprint density at radius 1 is 1.27 bits per heavy atom. The van der Waals surface area contributed by atoms with Crippen molar-refractivity contribution in [2.75, 3.05) is 19.0 Å². The van der Waals surface area contributed by atoms with Crippen molar-refractivity contribution in [3.05, 3.63) is 48.4 Å². The number of hydrogen-bond acceptors (Lipinski definition) is 4. The molecule has 1 atom stereocenters. The predicted molar refractivity (Wildman–Crippen MR) is 104 cm³/mol. The molecule has 4 rings (SSSR count). The van der Waals surface area contributed by atoms with Crippen LogP contribution in [0.15, 0.2) is 42.7 Å². The Morgan fingerprint density at radius 3 is 3.04 bits per heavy atom. The van der Waals surface area contributed by atoms with Gasteiger partial charge in [0.2, 0.25) is 0 Å². The van der Waals surface area contributed by atoms with E-state index in [1.165, 1.54) is 12.8 Å². The molecule has 3 heterocycles. The molecule has 1 aromatic carbocycles. The first-order chi connectivity index (χ1) is 12.7. The molecule has 2 aromatic heterocycles. The van der Waals surface area contributed by atoms with Crippen molar-refractivity contribution in [2.24, 2.45) is 0 Å². The zero-order valence-electron chi connectivity index (χ0n) is 14.7. The van der Waals surface area contributed by atoms with Gasteiger partial charge in [0.1, 0.15) is 5.75 Å². The number of halogens is 1. The lowest BCUT2D eigenvalue weighted by Gasteiger charge is -2.23. The first kappa shape index (κ1) is 17.3. The number of aromatic nitrogens is 3. The van der Waals surface area contributed by atoms with E-state index in [-0.39, 0.29) is 5.75 Å². The van der Waals surface area contributed by atoms with Crippen molar-refractivity contribution in [3.8, 4) is 16.9 Å². The standard InChI is InChI=1S/C20H23ClN4O/c21-9-12-24-10-2-4-17(24)7-6-16-8-11-25-20(23-16)19(14-22-25)15-3-1-5-18(26)13-15/h1,3,5,8,11,13-14,17,26H,2,4,6-7,9-10,12H2. The molecule has 0 aliphatic carbocycles. The Morgan fingerprint density at radius 2 is 2.19 bits per heavy atom. The second kappa shape index (κ2) is 7.64. The Labute approximate surface area is 158 Å². The highest BCUT2D eigenvalue weighted by Crippen LogP contribution is 2.27. The molecule has 1 fully saturated rings. The van der Waals surface area contributed by atoms with Crippen LogP contribution in [0.1, 0.15) is 25.0 Å². The van der Waals surface area contributed by atoms with Crippen LogP contribution in [0.25, 0.3) is 16.8 Å². The molecule has 1 aliphatic rings. The Balaban J connectivity index is 1.54. The number of phenols is 1. The van der Waals surface area contributed by atoms with Gasteiger partial charge in [0.05, 0.1) is 6.20 Å². The van der Waals surface area contributed by atoms with E-state index in [2.05, 4.69) is 10.00 Å². The van der Waals surface area contributed by atoms with E-state index in [0.717, 1.165) is 48.4 Å². The minimum Gasteiger partial charge on any atom is -0.508 e. The topological polar surface area (TPSA) is 53.7 Å². The van der Waals surface area contributed by atoms with Crippen LogP contribution in [-0.4, -0.2) is 49.6 Å². The number of alkyl halides is 1. The summed E-state index contributed by atoms with van der Waals surface area (Å²) in [5, 5.41) is 14.1. The maximum absolute atomic E-state index is 9.75. The summed E-state index contributed by atoms with van der Waals surface area (Å²) in [7, 11) is 0. The van der Waals surface area contributed by atoms with Gasteiger partial charge in [-0.3, -0.25) is 4.90 Å². The van der Waals surface area contributed by atoms with Gasteiger partial charge in [-0.05, 0) is 56.0 Å². The number of nitrogens with zero attached hydrogens (tertiary/aromatic N) is 4. The third kappa shape index (κ3) is 3.55. The molecule has 1 N–H and O–H groups in total. The van der Waals surface area contributed by atoms with E-state index >= 15 is 0 Å². The Hall–Kier alpha value is -2.11. The molecular weight excluding hydrogens is 348 g/mol. The van der Waals surface area contributed by atoms with Crippen LogP contribution in [0.2, 0.25) is 0 Å². The number of aryl methyl sites for hydroxylation is 1. The largest absolute Gasteiger partial charge is 0.508 e. The maximum atomic E-state index is 9.75. The van der Waals surface area contributed by atoms with Crippen LogP contribution in [0.4, 0.5) is 0 Å². The summed E-state index contributed by atoms with van der Waals surface area (Å²) in [6.07, 6.45) is 8.34. The summed E-state index contributed by atoms with van der Waals surface area (Å²) in [4.78, 5) is 7.35. The highest BCUT2D eigenvalue weighted by Gasteiger charge is 2.23. The van der Waals surface area contributed by atoms with Crippen molar-refractivity contribution in [1.29, 1.82) is 0 Å². The zero-order chi connectivity index (χ0) is 17.9. The van der Waals surface area contributed by atoms with Crippen LogP contribution >= 0.6 is 11.6 Å². The number of aromatic hydroxyl groups is 1. The molecule has 0 saturated carbocycles. The van der Waals surface area contributed by atoms with Gasteiger partial charge in [-0.25, -0.2) is 9.50 Å². The van der Waals surface area contributed by atoms with Gasteiger partial charge < -0.3 is 5.11 Å². The number of likely N-dealkylation sites (tertiary alicyclic amines) is 1. The summed E-state index contributed by atoms with van der Waals surface area (Å²) in [5.74, 6) is 0.947. The molecule has 136 valence electrons. The monoisotopic (exact) mass is 370 g/mol. The first-order valence-corrected chi connectivity index (χ1v) is 9.71. The summed E-state index contributed by atoms with van der Waals surface area (Å²) < 4.78 is 1.79. The molecule has 0 radical (unpaired) electrons. The third-order valence-corrected chi connectivity index (χ3v) is 5.36. The summed E-state index contributed by atoms with van der Waals surface area (Å²) in [6, 6.07) is 9.88. The van der Waals surface area contributed by atoms with Crippen LogP contribution in [0.5, 0.6) is 5.75 Å². The van der Waals surface area contributed by atoms with E-state index in [4.69, 9.17) is 16.6 Å². The smallest absolute Gasteiger partial charge is 0.163 e. The summed E-state index contributed by atoms with van der Waals surface area (Å²) in [5.41, 5.74) is 3.77. The van der Waals surface area contributed by atoms with Gasteiger partial charge in [-0.1, -0.05) is 12.1 Å². The zero-order valence-corrected chi connectivity index (χ0v) is 15.4. The van der Waals surface area contributed by atoms with Crippen molar-refractivity contribution in [2.45, 2.75) is 31.7 Å². The average molecular weight is 371 g/mol. The molecule has 1 unspecified atom stereocenters. The van der Waals surface area contributed by atoms with E-state index in [0.29, 0.717) is 11.9 Å².